The van der Waals surface area contributed by atoms with Crippen LogP contribution in [0.4, 0.5) is 0 Å². The number of rotatable bonds is 22. The van der Waals surface area contributed by atoms with Crippen LogP contribution in [0.25, 0.3) is 0 Å². The van der Waals surface area contributed by atoms with Crippen LogP contribution in [-0.4, -0.2) is 93.5 Å². The van der Waals surface area contributed by atoms with Gasteiger partial charge >= 0.3 is 0 Å². The van der Waals surface area contributed by atoms with Crippen LogP contribution in [0.3, 0.4) is 0 Å². The molecule has 0 fully saturated rings. The molecule has 0 aromatic heterocycles. The minimum atomic E-state index is 0.289. The van der Waals surface area contributed by atoms with Gasteiger partial charge in [-0.15, -0.1) is 23.2 Å². The van der Waals surface area contributed by atoms with Gasteiger partial charge < -0.3 is 37.9 Å². The highest BCUT2D eigenvalue weighted by atomic mass is 35.5. The van der Waals surface area contributed by atoms with Crippen LogP contribution in [0.5, 0.6) is 11.5 Å². The molecule has 0 atom stereocenters. The van der Waals surface area contributed by atoms with Gasteiger partial charge in [0.1, 0.15) is 24.7 Å². The monoisotopic (exact) mass is 498 g/mol. The van der Waals surface area contributed by atoms with Gasteiger partial charge in [0.25, 0.3) is 0 Å². The number of benzene rings is 1. The molecule has 0 spiro atoms. The molecule has 8 nitrogen and oxygen atoms in total. The molecule has 10 heteroatoms. The second-order valence-electron chi connectivity index (χ2n) is 6.47. The van der Waals surface area contributed by atoms with E-state index in [-0.39, 0.29) is 11.8 Å². The summed E-state index contributed by atoms with van der Waals surface area (Å²) in [7, 11) is 3.28. The van der Waals surface area contributed by atoms with Crippen molar-refractivity contribution in [2.45, 2.75) is 11.8 Å². The van der Waals surface area contributed by atoms with E-state index < -0.39 is 0 Å². The Kier molecular flexibility index (Phi) is 18.9. The number of hydrogen-bond acceptors (Lipinski definition) is 8. The lowest BCUT2D eigenvalue weighted by Gasteiger charge is -2.16. The topological polar surface area (TPSA) is 73.8 Å². The van der Waals surface area contributed by atoms with Crippen molar-refractivity contribution in [3.8, 4) is 11.5 Å². The fraction of sp³-hybridized carbons (Fsp3) is 0.727. The zero-order chi connectivity index (χ0) is 23.3. The summed E-state index contributed by atoms with van der Waals surface area (Å²) >= 11 is 12.2. The van der Waals surface area contributed by atoms with Gasteiger partial charge in [-0.05, 0) is 12.1 Å². The molecule has 0 aliphatic heterocycles. The molecule has 0 saturated carbocycles. The van der Waals surface area contributed by atoms with E-state index in [1.165, 1.54) is 0 Å². The highest BCUT2D eigenvalue weighted by Crippen LogP contribution is 2.31. The van der Waals surface area contributed by atoms with Crippen molar-refractivity contribution in [2.75, 3.05) is 93.5 Å². The fourth-order valence-corrected chi connectivity index (χ4v) is 2.89. The molecule has 0 radical (unpaired) electrons. The van der Waals surface area contributed by atoms with Gasteiger partial charge in [-0.2, -0.15) is 0 Å². The van der Waals surface area contributed by atoms with Crippen LogP contribution in [-0.2, 0) is 40.2 Å². The minimum absolute atomic E-state index is 0.289. The molecule has 0 amide bonds. The standard InChI is InChI=1S/C22H36Cl2O8/c1-25-3-5-27-7-9-29-11-13-31-21-15-20(18-24)22(16-19(21)17-23)32-14-12-30-10-8-28-6-4-26-2/h15-16H,3-14,17-18H2,1-2H3. The summed E-state index contributed by atoms with van der Waals surface area (Å²) in [5, 5.41) is 0. The molecule has 0 aliphatic carbocycles. The van der Waals surface area contributed by atoms with E-state index in [4.69, 9.17) is 61.1 Å². The third kappa shape index (κ3) is 13.6. The van der Waals surface area contributed by atoms with Crippen LogP contribution in [0.1, 0.15) is 11.1 Å². The van der Waals surface area contributed by atoms with Crippen molar-refractivity contribution < 1.29 is 37.9 Å². The van der Waals surface area contributed by atoms with E-state index in [1.807, 2.05) is 12.1 Å². The summed E-state index contributed by atoms with van der Waals surface area (Å²) < 4.78 is 43.2. The second kappa shape index (κ2) is 20.7. The third-order valence-corrected chi connectivity index (χ3v) is 4.69. The van der Waals surface area contributed by atoms with E-state index in [1.54, 1.807) is 14.2 Å². The molecule has 1 rings (SSSR count). The van der Waals surface area contributed by atoms with E-state index in [0.717, 1.165) is 11.1 Å². The lowest BCUT2D eigenvalue weighted by Crippen LogP contribution is -2.13. The maximum Gasteiger partial charge on any atom is 0.124 e. The summed E-state index contributed by atoms with van der Waals surface area (Å²) in [6.07, 6.45) is 0. The average molecular weight is 499 g/mol. The first-order valence-corrected chi connectivity index (χ1v) is 11.7. The summed E-state index contributed by atoms with van der Waals surface area (Å²) in [6, 6.07) is 3.72. The number of ether oxygens (including phenoxy) is 8. The summed E-state index contributed by atoms with van der Waals surface area (Å²) in [6.45, 7) is 5.95. The van der Waals surface area contributed by atoms with Crippen molar-refractivity contribution in [1.82, 2.24) is 0 Å². The normalized spacial score (nSPS) is 11.1. The summed E-state index contributed by atoms with van der Waals surface area (Å²) in [5.41, 5.74) is 1.65. The molecule has 0 aliphatic rings. The lowest BCUT2D eigenvalue weighted by atomic mass is 10.1. The van der Waals surface area contributed by atoms with Crippen molar-refractivity contribution in [3.05, 3.63) is 23.3 Å². The number of methoxy groups -OCH3 is 2. The zero-order valence-electron chi connectivity index (χ0n) is 19.1. The smallest absolute Gasteiger partial charge is 0.124 e. The highest BCUT2D eigenvalue weighted by Gasteiger charge is 2.12. The number of alkyl halides is 2. The molecule has 1 aromatic carbocycles. The Morgan fingerprint density at radius 3 is 1.12 bits per heavy atom. The Morgan fingerprint density at radius 2 is 0.812 bits per heavy atom. The molecule has 0 saturated heterocycles. The lowest BCUT2D eigenvalue weighted by molar-refractivity contribution is 0.0176. The Bertz CT molecular complexity index is 527. The molecule has 0 unspecified atom stereocenters. The quantitative estimate of drug-likeness (QED) is 0.178. The predicted molar refractivity (Wildman–Crippen MR) is 124 cm³/mol. The summed E-state index contributed by atoms with van der Waals surface area (Å²) in [5.74, 6) is 1.93. The Labute approximate surface area is 201 Å². The second-order valence-corrected chi connectivity index (χ2v) is 7.00. The molecule has 0 heterocycles. The van der Waals surface area contributed by atoms with Crippen LogP contribution in [0.2, 0.25) is 0 Å². The highest BCUT2D eigenvalue weighted by molar-refractivity contribution is 6.18. The SMILES string of the molecule is COCCOCCOCCOc1cc(CCl)c(OCCOCCOCCOC)cc1CCl. The molecule has 0 bridgehead atoms. The van der Waals surface area contributed by atoms with Crippen LogP contribution in [0.15, 0.2) is 12.1 Å². The third-order valence-electron chi connectivity index (χ3n) is 4.11. The maximum absolute atomic E-state index is 6.10. The van der Waals surface area contributed by atoms with Gasteiger partial charge in [0.15, 0.2) is 0 Å². The average Bonchev–Trinajstić information content (AvgIpc) is 2.82. The van der Waals surface area contributed by atoms with Gasteiger partial charge in [-0.3, -0.25) is 0 Å². The Hall–Kier alpha value is -0.840. The first-order valence-electron chi connectivity index (χ1n) is 10.6. The minimum Gasteiger partial charge on any atom is -0.491 e. The van der Waals surface area contributed by atoms with Crippen LogP contribution in [0, 0.1) is 0 Å². The maximum atomic E-state index is 6.10. The largest absolute Gasteiger partial charge is 0.491 e. The summed E-state index contributed by atoms with van der Waals surface area (Å²) in [4.78, 5) is 0. The molecular weight excluding hydrogens is 463 g/mol. The zero-order valence-corrected chi connectivity index (χ0v) is 20.6. The Balaban J connectivity index is 2.33. The predicted octanol–water partition coefficient (Wildman–Crippen LogP) is 3.28. The fourth-order valence-electron chi connectivity index (χ4n) is 2.47. The van der Waals surface area contributed by atoms with Crippen molar-refractivity contribution in [2.24, 2.45) is 0 Å². The van der Waals surface area contributed by atoms with E-state index >= 15 is 0 Å². The number of hydrogen-bond donors (Lipinski definition) is 0. The van der Waals surface area contributed by atoms with Gasteiger partial charge in [0.05, 0.1) is 77.8 Å². The van der Waals surface area contributed by atoms with Crippen molar-refractivity contribution in [3.63, 3.8) is 0 Å². The van der Waals surface area contributed by atoms with E-state index in [9.17, 15) is 0 Å². The molecule has 1 aromatic rings. The van der Waals surface area contributed by atoms with Gasteiger partial charge in [0, 0.05) is 25.3 Å². The first kappa shape index (κ1) is 29.2. The molecule has 0 N–H and O–H groups in total. The van der Waals surface area contributed by atoms with Crippen LogP contribution < -0.4 is 9.47 Å². The molecule has 186 valence electrons. The van der Waals surface area contributed by atoms with Crippen LogP contribution >= 0.6 is 23.2 Å². The van der Waals surface area contributed by atoms with Gasteiger partial charge in [-0.1, -0.05) is 0 Å². The number of halogens is 2. The van der Waals surface area contributed by atoms with E-state index in [0.29, 0.717) is 90.8 Å². The van der Waals surface area contributed by atoms with E-state index in [2.05, 4.69) is 0 Å². The molecule has 32 heavy (non-hydrogen) atoms. The van der Waals surface area contributed by atoms with Gasteiger partial charge in [-0.25, -0.2) is 0 Å². The van der Waals surface area contributed by atoms with Gasteiger partial charge in [0.2, 0.25) is 0 Å². The first-order chi connectivity index (χ1) is 15.8. The van der Waals surface area contributed by atoms with Crippen molar-refractivity contribution in [1.29, 1.82) is 0 Å². The Morgan fingerprint density at radius 1 is 0.500 bits per heavy atom. The molecular formula is C22H36Cl2O8. The van der Waals surface area contributed by atoms with Crippen molar-refractivity contribution >= 4 is 23.2 Å².